The third kappa shape index (κ3) is 2.54. The number of aromatic nitrogens is 2. The minimum absolute atomic E-state index is 0.256. The Kier molecular flexibility index (Phi) is 4.12. The van der Waals surface area contributed by atoms with Crippen LogP contribution in [-0.2, 0) is 4.74 Å². The molecule has 2 aromatic rings. The van der Waals surface area contributed by atoms with Crippen LogP contribution in [0, 0.1) is 0 Å². The van der Waals surface area contributed by atoms with E-state index in [1.807, 2.05) is 48.5 Å². The van der Waals surface area contributed by atoms with Crippen molar-refractivity contribution in [1.29, 1.82) is 0 Å². The van der Waals surface area contributed by atoms with Crippen LogP contribution in [0.25, 0.3) is 33.3 Å². The molecule has 5 nitrogen and oxygen atoms in total. The number of nitrogens with zero attached hydrogens (tertiary/aromatic N) is 2. The molecule has 0 amide bonds. The number of carbonyl (C=O) groups excluding carboxylic acids is 1. The Morgan fingerprint density at radius 3 is 2.73 bits per heavy atom. The predicted molar refractivity (Wildman–Crippen MR) is 103 cm³/mol. The Labute approximate surface area is 158 Å². The van der Waals surface area contributed by atoms with E-state index in [9.17, 15) is 10.0 Å². The molecule has 130 valence electrons. The van der Waals surface area contributed by atoms with Gasteiger partial charge in [-0.1, -0.05) is 52.3 Å². The van der Waals surface area contributed by atoms with Gasteiger partial charge in [0.15, 0.2) is 5.69 Å². The van der Waals surface area contributed by atoms with Crippen molar-refractivity contribution in [3.05, 3.63) is 64.9 Å². The molecule has 6 heteroatoms. The standard InChI is InChI=1S/C20H15BrN2O3/c1-2-26-20(24)18-17-14-9-8-13(21)10-16(14)23(25)19(15(17)11-22-18)12-6-4-3-5-7-12/h3-11,25H,2H2,1H3. The summed E-state index contributed by atoms with van der Waals surface area (Å²) in [5, 5.41) is 11.7. The molecule has 0 aliphatic carbocycles. The van der Waals surface area contributed by atoms with Gasteiger partial charge < -0.3 is 9.94 Å². The summed E-state index contributed by atoms with van der Waals surface area (Å²) in [7, 11) is 0. The highest BCUT2D eigenvalue weighted by atomic mass is 79.9. The maximum atomic E-state index is 12.4. The molecule has 0 atom stereocenters. The summed E-state index contributed by atoms with van der Waals surface area (Å²) in [4.78, 5) is 16.7. The van der Waals surface area contributed by atoms with E-state index in [1.165, 1.54) is 0 Å². The molecule has 2 aromatic carbocycles. The van der Waals surface area contributed by atoms with Gasteiger partial charge in [-0.15, -0.1) is 0 Å². The zero-order chi connectivity index (χ0) is 18.3. The maximum Gasteiger partial charge on any atom is 0.357 e. The summed E-state index contributed by atoms with van der Waals surface area (Å²) in [6.07, 6.45) is 1.61. The Bertz CT molecular complexity index is 1090. The first-order valence-corrected chi connectivity index (χ1v) is 8.95. The average molecular weight is 411 g/mol. The minimum Gasteiger partial charge on any atom is -0.461 e. The summed E-state index contributed by atoms with van der Waals surface area (Å²) in [6.45, 7) is 2.03. The van der Waals surface area contributed by atoms with Gasteiger partial charge in [0.2, 0.25) is 0 Å². The molecule has 0 saturated heterocycles. The number of carbonyl (C=O) groups is 1. The molecule has 4 rings (SSSR count). The van der Waals surface area contributed by atoms with Gasteiger partial charge in [0.05, 0.1) is 17.8 Å². The van der Waals surface area contributed by atoms with Gasteiger partial charge >= 0.3 is 5.97 Å². The number of halogens is 1. The van der Waals surface area contributed by atoms with E-state index in [4.69, 9.17) is 4.74 Å². The SMILES string of the molecule is CCOC(=O)c1ncc2c(-c3ccccc3)n(O)c3cc(Br)ccc3c1-2. The number of hydrogen-bond donors (Lipinski definition) is 1. The fourth-order valence-electron chi connectivity index (χ4n) is 3.19. The first kappa shape index (κ1) is 16.6. The molecular weight excluding hydrogens is 396 g/mol. The van der Waals surface area contributed by atoms with Gasteiger partial charge in [0.25, 0.3) is 0 Å². The highest BCUT2D eigenvalue weighted by Crippen LogP contribution is 2.41. The zero-order valence-electron chi connectivity index (χ0n) is 13.9. The van der Waals surface area contributed by atoms with Crippen LogP contribution in [0.4, 0.5) is 0 Å². The third-order valence-corrected chi connectivity index (χ3v) is 4.76. The molecule has 0 spiro atoms. The van der Waals surface area contributed by atoms with Crippen molar-refractivity contribution < 1.29 is 14.7 Å². The quantitative estimate of drug-likeness (QED) is 0.381. The minimum atomic E-state index is -0.471. The van der Waals surface area contributed by atoms with E-state index in [0.717, 1.165) is 20.2 Å². The van der Waals surface area contributed by atoms with E-state index >= 15 is 0 Å². The fourth-order valence-corrected chi connectivity index (χ4v) is 3.54. The van der Waals surface area contributed by atoms with Crippen LogP contribution in [0.1, 0.15) is 17.4 Å². The van der Waals surface area contributed by atoms with Crippen molar-refractivity contribution in [2.24, 2.45) is 0 Å². The van der Waals surface area contributed by atoms with Crippen LogP contribution in [0.5, 0.6) is 0 Å². The molecule has 2 aliphatic heterocycles. The van der Waals surface area contributed by atoms with Gasteiger partial charge in [-0.3, -0.25) is 0 Å². The Balaban J connectivity index is 2.12. The lowest BCUT2D eigenvalue weighted by Gasteiger charge is -2.18. The van der Waals surface area contributed by atoms with Crippen LogP contribution >= 0.6 is 15.9 Å². The number of ether oxygens (including phenoxy) is 1. The Morgan fingerprint density at radius 1 is 1.23 bits per heavy atom. The smallest absolute Gasteiger partial charge is 0.357 e. The molecule has 0 radical (unpaired) electrons. The molecule has 2 heterocycles. The van der Waals surface area contributed by atoms with E-state index in [0.29, 0.717) is 22.3 Å². The summed E-state index contributed by atoms with van der Waals surface area (Å²) in [5.74, 6) is -0.471. The second-order valence-corrected chi connectivity index (χ2v) is 6.72. The normalized spacial score (nSPS) is 11.2. The lowest BCUT2D eigenvalue weighted by molar-refractivity contribution is 0.0521. The Morgan fingerprint density at radius 2 is 2.00 bits per heavy atom. The van der Waals surface area contributed by atoms with Gasteiger partial charge in [-0.25, -0.2) is 9.78 Å². The molecule has 0 aromatic heterocycles. The van der Waals surface area contributed by atoms with Crippen molar-refractivity contribution in [2.45, 2.75) is 6.92 Å². The highest BCUT2D eigenvalue weighted by molar-refractivity contribution is 9.10. The monoisotopic (exact) mass is 410 g/mol. The summed E-state index contributed by atoms with van der Waals surface area (Å²) < 4.78 is 7.13. The molecular formula is C20H15BrN2O3. The van der Waals surface area contributed by atoms with Gasteiger partial charge in [-0.2, -0.15) is 4.73 Å². The predicted octanol–water partition coefficient (Wildman–Crippen LogP) is 4.98. The summed E-state index contributed by atoms with van der Waals surface area (Å²) in [5.41, 5.74) is 3.60. The largest absolute Gasteiger partial charge is 0.461 e. The molecule has 0 unspecified atom stereocenters. The van der Waals surface area contributed by atoms with Crippen molar-refractivity contribution in [1.82, 2.24) is 9.71 Å². The number of fused-ring (bicyclic) bond motifs is 3. The van der Waals surface area contributed by atoms with Crippen molar-refractivity contribution >= 4 is 32.8 Å². The van der Waals surface area contributed by atoms with Crippen molar-refractivity contribution in [3.8, 4) is 22.4 Å². The Hall–Kier alpha value is -2.86. The van der Waals surface area contributed by atoms with Crippen LogP contribution in [0.2, 0.25) is 0 Å². The summed E-state index contributed by atoms with van der Waals surface area (Å²) >= 11 is 3.44. The maximum absolute atomic E-state index is 12.4. The molecule has 2 aliphatic rings. The summed E-state index contributed by atoms with van der Waals surface area (Å²) in [6, 6.07) is 15.0. The number of esters is 1. The van der Waals surface area contributed by atoms with Gasteiger partial charge in [0, 0.05) is 32.7 Å². The zero-order valence-corrected chi connectivity index (χ0v) is 15.5. The van der Waals surface area contributed by atoms with E-state index in [2.05, 4.69) is 20.9 Å². The van der Waals surface area contributed by atoms with Crippen LogP contribution in [0.3, 0.4) is 0 Å². The van der Waals surface area contributed by atoms with E-state index < -0.39 is 5.97 Å². The van der Waals surface area contributed by atoms with Crippen LogP contribution < -0.4 is 0 Å². The molecule has 0 saturated carbocycles. The topological polar surface area (TPSA) is 64.3 Å². The van der Waals surface area contributed by atoms with Gasteiger partial charge in [-0.05, 0) is 19.1 Å². The molecule has 1 N–H and O–H groups in total. The molecule has 0 fully saturated rings. The van der Waals surface area contributed by atoms with Crippen LogP contribution in [0.15, 0.2) is 59.2 Å². The number of hydrogen-bond acceptors (Lipinski definition) is 4. The number of pyridine rings is 1. The average Bonchev–Trinajstić information content (AvgIpc) is 3.08. The first-order valence-electron chi connectivity index (χ1n) is 8.16. The number of rotatable bonds is 3. The van der Waals surface area contributed by atoms with Crippen molar-refractivity contribution in [2.75, 3.05) is 6.61 Å². The lowest BCUT2D eigenvalue weighted by Crippen LogP contribution is -2.08. The molecule has 26 heavy (non-hydrogen) atoms. The molecule has 0 bridgehead atoms. The van der Waals surface area contributed by atoms with Crippen molar-refractivity contribution in [3.63, 3.8) is 0 Å². The second-order valence-electron chi connectivity index (χ2n) is 5.80. The lowest BCUT2D eigenvalue weighted by atomic mass is 9.96. The first-order chi connectivity index (χ1) is 12.6. The number of benzene rings is 2. The third-order valence-electron chi connectivity index (χ3n) is 4.27. The highest BCUT2D eigenvalue weighted by Gasteiger charge is 2.27. The fraction of sp³-hybridized carbons (Fsp3) is 0.100. The second kappa shape index (κ2) is 6.46. The van der Waals surface area contributed by atoms with Gasteiger partial charge in [0.1, 0.15) is 0 Å². The van der Waals surface area contributed by atoms with E-state index in [1.54, 1.807) is 13.1 Å². The van der Waals surface area contributed by atoms with E-state index in [-0.39, 0.29) is 12.3 Å². The van der Waals surface area contributed by atoms with Crippen LogP contribution in [-0.4, -0.2) is 27.5 Å².